The zero-order valence-corrected chi connectivity index (χ0v) is 10.2. The van der Waals surface area contributed by atoms with Crippen LogP contribution in [0.2, 0.25) is 0 Å². The number of nitrogens with zero attached hydrogens (tertiary/aromatic N) is 1. The molecule has 1 atom stereocenters. The molecule has 0 fully saturated rings. The summed E-state index contributed by atoms with van der Waals surface area (Å²) in [6.45, 7) is 7.50. The lowest BCUT2D eigenvalue weighted by Gasteiger charge is -2.17. The predicted molar refractivity (Wildman–Crippen MR) is 66.7 cm³/mol. The average Bonchev–Trinajstić information content (AvgIpc) is 2.27. The molecule has 3 N–H and O–H groups in total. The van der Waals surface area contributed by atoms with Gasteiger partial charge in [-0.05, 0) is 25.0 Å². The van der Waals surface area contributed by atoms with Crippen molar-refractivity contribution >= 4 is 5.82 Å². The van der Waals surface area contributed by atoms with Crippen LogP contribution in [-0.2, 0) is 0 Å². The van der Waals surface area contributed by atoms with Crippen LogP contribution >= 0.6 is 0 Å². The highest BCUT2D eigenvalue weighted by Gasteiger charge is 2.09. The first kappa shape index (κ1) is 12.8. The molecule has 1 aromatic heterocycles. The molecule has 0 aliphatic rings. The van der Waals surface area contributed by atoms with Gasteiger partial charge in [0.25, 0.3) is 0 Å². The number of nitrogens with two attached hydrogens (primary N) is 1. The summed E-state index contributed by atoms with van der Waals surface area (Å²) >= 11 is 0. The molecule has 0 bridgehead atoms. The first-order valence-corrected chi connectivity index (χ1v) is 5.72. The van der Waals surface area contributed by atoms with Gasteiger partial charge in [0.15, 0.2) is 11.6 Å². The van der Waals surface area contributed by atoms with E-state index in [1.54, 1.807) is 6.20 Å². The molecule has 0 saturated carbocycles. The van der Waals surface area contributed by atoms with Gasteiger partial charge in [0.05, 0.1) is 6.61 Å². The molecule has 1 unspecified atom stereocenters. The Balaban J connectivity index is 2.58. The molecule has 1 aromatic rings. The van der Waals surface area contributed by atoms with Crippen molar-refractivity contribution in [1.29, 1.82) is 0 Å². The number of pyridine rings is 1. The van der Waals surface area contributed by atoms with Gasteiger partial charge >= 0.3 is 0 Å². The van der Waals surface area contributed by atoms with Gasteiger partial charge in [-0.25, -0.2) is 4.98 Å². The lowest BCUT2D eigenvalue weighted by atomic mass is 10.1. The fourth-order valence-electron chi connectivity index (χ4n) is 1.25. The minimum atomic E-state index is 0.122. The highest BCUT2D eigenvalue weighted by Crippen LogP contribution is 2.20. The van der Waals surface area contributed by atoms with Gasteiger partial charge in [-0.2, -0.15) is 0 Å². The summed E-state index contributed by atoms with van der Waals surface area (Å²) in [4.78, 5) is 4.24. The molecular formula is C12H21N3O. The maximum atomic E-state index is 5.96. The fraction of sp³-hybridized carbons (Fsp3) is 0.583. The summed E-state index contributed by atoms with van der Waals surface area (Å²) < 4.78 is 5.46. The normalized spacial score (nSPS) is 12.6. The van der Waals surface area contributed by atoms with E-state index in [9.17, 15) is 0 Å². The van der Waals surface area contributed by atoms with Crippen molar-refractivity contribution in [1.82, 2.24) is 4.98 Å². The van der Waals surface area contributed by atoms with Crippen LogP contribution in [0.15, 0.2) is 18.3 Å². The van der Waals surface area contributed by atoms with Crippen LogP contribution in [0.1, 0.15) is 20.8 Å². The van der Waals surface area contributed by atoms with Crippen molar-refractivity contribution in [3.63, 3.8) is 0 Å². The molecule has 90 valence electrons. The number of rotatable bonds is 6. The zero-order chi connectivity index (χ0) is 12.0. The molecule has 1 rings (SSSR count). The fourth-order valence-corrected chi connectivity index (χ4v) is 1.25. The van der Waals surface area contributed by atoms with Gasteiger partial charge < -0.3 is 15.8 Å². The lowest BCUT2D eigenvalue weighted by Crippen LogP contribution is -2.34. The van der Waals surface area contributed by atoms with Crippen LogP contribution < -0.4 is 15.8 Å². The van der Waals surface area contributed by atoms with E-state index in [1.165, 1.54) is 0 Å². The molecule has 0 radical (unpaired) electrons. The second-order valence-corrected chi connectivity index (χ2v) is 4.07. The molecule has 0 aliphatic carbocycles. The van der Waals surface area contributed by atoms with Crippen LogP contribution in [0.5, 0.6) is 5.75 Å². The Hall–Kier alpha value is -1.29. The minimum Gasteiger partial charge on any atom is -0.490 e. The Morgan fingerprint density at radius 2 is 2.25 bits per heavy atom. The van der Waals surface area contributed by atoms with E-state index in [4.69, 9.17) is 10.5 Å². The van der Waals surface area contributed by atoms with Gasteiger partial charge in [-0.3, -0.25) is 0 Å². The molecule has 16 heavy (non-hydrogen) atoms. The third-order valence-corrected chi connectivity index (χ3v) is 2.43. The van der Waals surface area contributed by atoms with Crippen LogP contribution in [-0.4, -0.2) is 24.2 Å². The van der Waals surface area contributed by atoms with Crippen LogP contribution in [0, 0.1) is 5.92 Å². The van der Waals surface area contributed by atoms with Crippen molar-refractivity contribution in [2.45, 2.75) is 26.8 Å². The number of hydrogen-bond acceptors (Lipinski definition) is 4. The largest absolute Gasteiger partial charge is 0.490 e. The van der Waals surface area contributed by atoms with E-state index in [1.807, 2.05) is 19.1 Å². The second-order valence-electron chi connectivity index (χ2n) is 4.07. The summed E-state index contributed by atoms with van der Waals surface area (Å²) in [5, 5.41) is 3.22. The number of aromatic nitrogens is 1. The van der Waals surface area contributed by atoms with Crippen molar-refractivity contribution < 1.29 is 4.74 Å². The Bertz CT molecular complexity index is 315. The highest BCUT2D eigenvalue weighted by molar-refractivity contribution is 5.49. The van der Waals surface area contributed by atoms with Gasteiger partial charge in [0.1, 0.15) is 0 Å². The van der Waals surface area contributed by atoms with Gasteiger partial charge in [-0.15, -0.1) is 0 Å². The van der Waals surface area contributed by atoms with Crippen molar-refractivity contribution in [2.75, 3.05) is 18.5 Å². The summed E-state index contributed by atoms with van der Waals surface area (Å²) in [6, 6.07) is 3.88. The molecular weight excluding hydrogens is 202 g/mol. The Labute approximate surface area is 97.2 Å². The summed E-state index contributed by atoms with van der Waals surface area (Å²) in [7, 11) is 0. The van der Waals surface area contributed by atoms with Crippen molar-refractivity contribution in [3.8, 4) is 5.75 Å². The van der Waals surface area contributed by atoms with Gasteiger partial charge in [0, 0.05) is 18.8 Å². The minimum absolute atomic E-state index is 0.122. The second kappa shape index (κ2) is 6.33. The SMILES string of the molecule is CCOc1cccnc1NCC(N)C(C)C. The molecule has 0 aromatic carbocycles. The third-order valence-electron chi connectivity index (χ3n) is 2.43. The molecule has 4 heteroatoms. The molecule has 0 saturated heterocycles. The van der Waals surface area contributed by atoms with E-state index in [-0.39, 0.29) is 6.04 Å². The first-order valence-electron chi connectivity index (χ1n) is 5.72. The molecule has 0 amide bonds. The van der Waals surface area contributed by atoms with E-state index >= 15 is 0 Å². The molecule has 0 aliphatic heterocycles. The Kier molecular flexibility index (Phi) is 5.05. The molecule has 1 heterocycles. The van der Waals surface area contributed by atoms with E-state index in [0.29, 0.717) is 19.1 Å². The molecule has 4 nitrogen and oxygen atoms in total. The number of ether oxygens (including phenoxy) is 1. The van der Waals surface area contributed by atoms with Gasteiger partial charge in [-0.1, -0.05) is 13.8 Å². The number of hydrogen-bond donors (Lipinski definition) is 2. The summed E-state index contributed by atoms with van der Waals surface area (Å²) in [5.41, 5.74) is 5.96. The van der Waals surface area contributed by atoms with Gasteiger partial charge in [0.2, 0.25) is 0 Å². The number of nitrogens with one attached hydrogen (secondary N) is 1. The maximum Gasteiger partial charge on any atom is 0.168 e. The lowest BCUT2D eigenvalue weighted by molar-refractivity contribution is 0.340. The van der Waals surface area contributed by atoms with Crippen molar-refractivity contribution in [3.05, 3.63) is 18.3 Å². The first-order chi connectivity index (χ1) is 7.65. The van der Waals surface area contributed by atoms with Crippen molar-refractivity contribution in [2.24, 2.45) is 11.7 Å². The van der Waals surface area contributed by atoms with Crippen LogP contribution in [0.3, 0.4) is 0 Å². The topological polar surface area (TPSA) is 60.2 Å². The standard InChI is InChI=1S/C12H21N3O/c1-4-16-11-6-5-7-14-12(11)15-8-10(13)9(2)3/h5-7,9-10H,4,8,13H2,1-3H3,(H,14,15). The average molecular weight is 223 g/mol. The van der Waals surface area contributed by atoms with E-state index < -0.39 is 0 Å². The molecule has 0 spiro atoms. The monoisotopic (exact) mass is 223 g/mol. The van der Waals surface area contributed by atoms with Crippen LogP contribution in [0.25, 0.3) is 0 Å². The maximum absolute atomic E-state index is 5.96. The third kappa shape index (κ3) is 3.70. The summed E-state index contributed by atoms with van der Waals surface area (Å²) in [5.74, 6) is 1.99. The van der Waals surface area contributed by atoms with E-state index in [2.05, 4.69) is 24.1 Å². The smallest absolute Gasteiger partial charge is 0.168 e. The Morgan fingerprint density at radius 1 is 1.50 bits per heavy atom. The number of anilines is 1. The highest BCUT2D eigenvalue weighted by atomic mass is 16.5. The van der Waals surface area contributed by atoms with Crippen LogP contribution in [0.4, 0.5) is 5.82 Å². The summed E-state index contributed by atoms with van der Waals surface area (Å²) in [6.07, 6.45) is 1.74. The quantitative estimate of drug-likeness (QED) is 0.773. The zero-order valence-electron chi connectivity index (χ0n) is 10.2. The Morgan fingerprint density at radius 3 is 2.88 bits per heavy atom. The van der Waals surface area contributed by atoms with E-state index in [0.717, 1.165) is 11.6 Å². The predicted octanol–water partition coefficient (Wildman–Crippen LogP) is 1.88.